The fourth-order valence-electron chi connectivity index (χ4n) is 1.35. The number of rotatable bonds is 5. The normalized spacial score (nSPS) is 9.00. The van der Waals surface area contributed by atoms with Crippen molar-refractivity contribution >= 4 is 0 Å². The molecule has 1 rings (SSSR count). The maximum atomic E-state index is 8.71. The number of azide groups is 1. The molecular formula is C13H15N3O. The second kappa shape index (κ2) is 8.23. The van der Waals surface area contributed by atoms with Gasteiger partial charge in [-0.15, -0.1) is 0 Å². The molecule has 0 saturated heterocycles. The molecule has 0 amide bonds. The number of nitrogens with zero attached hydrogens (tertiary/aromatic N) is 3. The summed E-state index contributed by atoms with van der Waals surface area (Å²) in [5, 5.41) is 12.1. The highest BCUT2D eigenvalue weighted by Gasteiger charge is 1.92. The van der Waals surface area contributed by atoms with Crippen LogP contribution in [0.4, 0.5) is 0 Å². The minimum atomic E-state index is 0.223. The third kappa shape index (κ3) is 5.62. The molecule has 1 aromatic carbocycles. The Labute approximate surface area is 101 Å². The van der Waals surface area contributed by atoms with Gasteiger partial charge in [-0.05, 0) is 36.1 Å². The molecule has 1 N–H and O–H groups in total. The van der Waals surface area contributed by atoms with E-state index < -0.39 is 0 Å². The van der Waals surface area contributed by atoms with Gasteiger partial charge in [0.2, 0.25) is 0 Å². The standard InChI is InChI=1S/C13H15N3O/c14-16-15-10-2-1-4-12-6-8-13(9-7-12)5-3-11-17/h6-9,17H,2-3,5,10-11H2. The predicted octanol–water partition coefficient (Wildman–Crippen LogP) is 2.66. The highest BCUT2D eigenvalue weighted by Crippen LogP contribution is 2.05. The average Bonchev–Trinajstić information content (AvgIpc) is 2.37. The SMILES string of the molecule is [N-]=[N+]=NCCC#Cc1ccc(CCCO)cc1. The number of hydrogen-bond donors (Lipinski definition) is 1. The minimum absolute atomic E-state index is 0.223. The summed E-state index contributed by atoms with van der Waals surface area (Å²) in [5.41, 5.74) is 10.2. The van der Waals surface area contributed by atoms with E-state index in [9.17, 15) is 0 Å². The summed E-state index contributed by atoms with van der Waals surface area (Å²) in [7, 11) is 0. The van der Waals surface area contributed by atoms with E-state index >= 15 is 0 Å². The van der Waals surface area contributed by atoms with E-state index in [1.807, 2.05) is 24.3 Å². The molecule has 0 aliphatic heterocycles. The van der Waals surface area contributed by atoms with Crippen molar-refractivity contribution in [3.05, 3.63) is 45.8 Å². The largest absolute Gasteiger partial charge is 0.396 e. The fourth-order valence-corrected chi connectivity index (χ4v) is 1.35. The van der Waals surface area contributed by atoms with Crippen molar-refractivity contribution < 1.29 is 5.11 Å². The Morgan fingerprint density at radius 1 is 1.29 bits per heavy atom. The topological polar surface area (TPSA) is 69.0 Å². The van der Waals surface area contributed by atoms with Gasteiger partial charge < -0.3 is 5.11 Å². The molecule has 0 unspecified atom stereocenters. The molecule has 1 aromatic rings. The van der Waals surface area contributed by atoms with Gasteiger partial charge in [0.1, 0.15) is 0 Å². The van der Waals surface area contributed by atoms with E-state index in [1.165, 1.54) is 5.56 Å². The van der Waals surface area contributed by atoms with Crippen LogP contribution in [0.15, 0.2) is 29.4 Å². The summed E-state index contributed by atoms with van der Waals surface area (Å²) >= 11 is 0. The van der Waals surface area contributed by atoms with Crippen molar-refractivity contribution in [3.63, 3.8) is 0 Å². The van der Waals surface area contributed by atoms with E-state index in [2.05, 4.69) is 21.9 Å². The second-order valence-corrected chi connectivity index (χ2v) is 3.53. The van der Waals surface area contributed by atoms with Gasteiger partial charge in [0, 0.05) is 30.0 Å². The van der Waals surface area contributed by atoms with E-state index in [-0.39, 0.29) is 6.61 Å². The first-order valence-corrected chi connectivity index (χ1v) is 5.56. The summed E-state index contributed by atoms with van der Waals surface area (Å²) in [5.74, 6) is 5.95. The summed E-state index contributed by atoms with van der Waals surface area (Å²) in [6.45, 7) is 0.638. The Morgan fingerprint density at radius 2 is 2.06 bits per heavy atom. The van der Waals surface area contributed by atoms with Crippen LogP contribution >= 0.6 is 0 Å². The smallest absolute Gasteiger partial charge is 0.0434 e. The molecular weight excluding hydrogens is 214 g/mol. The zero-order valence-electron chi connectivity index (χ0n) is 9.63. The molecule has 0 aliphatic carbocycles. The maximum Gasteiger partial charge on any atom is 0.0434 e. The van der Waals surface area contributed by atoms with Crippen molar-refractivity contribution in [2.75, 3.05) is 13.2 Å². The van der Waals surface area contributed by atoms with Crippen molar-refractivity contribution in [1.29, 1.82) is 0 Å². The molecule has 88 valence electrons. The third-order valence-corrected chi connectivity index (χ3v) is 2.21. The van der Waals surface area contributed by atoms with E-state index in [4.69, 9.17) is 10.6 Å². The Kier molecular flexibility index (Phi) is 6.35. The predicted molar refractivity (Wildman–Crippen MR) is 67.4 cm³/mol. The first kappa shape index (κ1) is 13.1. The van der Waals surface area contributed by atoms with Crippen molar-refractivity contribution in [2.24, 2.45) is 5.11 Å². The molecule has 0 aliphatic rings. The molecule has 0 aromatic heterocycles. The van der Waals surface area contributed by atoms with Gasteiger partial charge in [-0.2, -0.15) is 0 Å². The highest BCUT2D eigenvalue weighted by molar-refractivity contribution is 5.36. The lowest BCUT2D eigenvalue weighted by atomic mass is 10.1. The first-order chi connectivity index (χ1) is 8.36. The third-order valence-electron chi connectivity index (χ3n) is 2.21. The van der Waals surface area contributed by atoms with Crippen LogP contribution < -0.4 is 0 Å². The zero-order valence-corrected chi connectivity index (χ0v) is 9.63. The van der Waals surface area contributed by atoms with Gasteiger partial charge in [-0.3, -0.25) is 0 Å². The quantitative estimate of drug-likeness (QED) is 0.272. The number of aryl methyl sites for hydroxylation is 1. The summed E-state index contributed by atoms with van der Waals surface area (Å²) in [6.07, 6.45) is 2.26. The summed E-state index contributed by atoms with van der Waals surface area (Å²) < 4.78 is 0. The van der Waals surface area contributed by atoms with Crippen LogP contribution in [0.1, 0.15) is 24.0 Å². The van der Waals surface area contributed by atoms with Crippen LogP contribution in [0.5, 0.6) is 0 Å². The Balaban J connectivity index is 2.46. The monoisotopic (exact) mass is 229 g/mol. The van der Waals surface area contributed by atoms with Gasteiger partial charge in [0.25, 0.3) is 0 Å². The molecule has 17 heavy (non-hydrogen) atoms. The molecule has 0 saturated carbocycles. The van der Waals surface area contributed by atoms with Crippen LogP contribution in [-0.2, 0) is 6.42 Å². The summed E-state index contributed by atoms with van der Waals surface area (Å²) in [4.78, 5) is 2.66. The van der Waals surface area contributed by atoms with E-state index in [0.29, 0.717) is 13.0 Å². The van der Waals surface area contributed by atoms with Crippen LogP contribution in [0.2, 0.25) is 0 Å². The highest BCUT2D eigenvalue weighted by atomic mass is 16.2. The van der Waals surface area contributed by atoms with Crippen LogP contribution in [-0.4, -0.2) is 18.3 Å². The number of benzene rings is 1. The van der Waals surface area contributed by atoms with E-state index in [1.54, 1.807) is 0 Å². The fraction of sp³-hybridized carbons (Fsp3) is 0.385. The van der Waals surface area contributed by atoms with Crippen LogP contribution in [0, 0.1) is 11.8 Å². The number of hydrogen-bond acceptors (Lipinski definition) is 2. The van der Waals surface area contributed by atoms with E-state index in [0.717, 1.165) is 18.4 Å². The van der Waals surface area contributed by atoms with Gasteiger partial charge in [-0.25, -0.2) is 0 Å². The average molecular weight is 229 g/mol. The lowest BCUT2D eigenvalue weighted by Gasteiger charge is -1.98. The molecule has 0 atom stereocenters. The van der Waals surface area contributed by atoms with Crippen molar-refractivity contribution in [2.45, 2.75) is 19.3 Å². The minimum Gasteiger partial charge on any atom is -0.396 e. The molecule has 0 heterocycles. The number of aliphatic hydroxyl groups is 1. The Morgan fingerprint density at radius 3 is 2.71 bits per heavy atom. The molecule has 4 nitrogen and oxygen atoms in total. The van der Waals surface area contributed by atoms with Crippen molar-refractivity contribution in [1.82, 2.24) is 0 Å². The first-order valence-electron chi connectivity index (χ1n) is 5.56. The maximum absolute atomic E-state index is 8.71. The Bertz CT molecular complexity index is 436. The van der Waals surface area contributed by atoms with Gasteiger partial charge >= 0.3 is 0 Å². The molecule has 4 heteroatoms. The van der Waals surface area contributed by atoms with Gasteiger partial charge in [-0.1, -0.05) is 29.1 Å². The van der Waals surface area contributed by atoms with Gasteiger partial charge in [0.05, 0.1) is 0 Å². The van der Waals surface area contributed by atoms with Crippen LogP contribution in [0.25, 0.3) is 10.4 Å². The van der Waals surface area contributed by atoms with Gasteiger partial charge in [0.15, 0.2) is 0 Å². The molecule has 0 radical (unpaired) electrons. The molecule has 0 bridgehead atoms. The summed E-state index contributed by atoms with van der Waals surface area (Å²) in [6, 6.07) is 7.97. The lowest BCUT2D eigenvalue weighted by molar-refractivity contribution is 0.288. The Hall–Kier alpha value is -1.95. The lowest BCUT2D eigenvalue weighted by Crippen LogP contribution is -1.89. The van der Waals surface area contributed by atoms with Crippen LogP contribution in [0.3, 0.4) is 0 Å². The second-order valence-electron chi connectivity index (χ2n) is 3.53. The molecule has 0 spiro atoms. The molecule has 0 fully saturated rings. The zero-order chi connectivity index (χ0) is 12.3. The van der Waals surface area contributed by atoms with Crippen molar-refractivity contribution in [3.8, 4) is 11.8 Å². The number of aliphatic hydroxyl groups excluding tert-OH is 1.